The van der Waals surface area contributed by atoms with Gasteiger partial charge in [0.05, 0.1) is 24.0 Å². The third-order valence-electron chi connectivity index (χ3n) is 3.02. The van der Waals surface area contributed by atoms with Gasteiger partial charge in [0.25, 0.3) is 5.91 Å². The largest absolute Gasteiger partial charge is 0.478 e. The fourth-order valence-corrected chi connectivity index (χ4v) is 2.02. The molecule has 3 aromatic rings. The van der Waals surface area contributed by atoms with Gasteiger partial charge in [0.1, 0.15) is 12.0 Å². The Hall–Kier alpha value is -3.02. The number of para-hydroxylation sites is 1. The molecule has 0 radical (unpaired) electrons. The van der Waals surface area contributed by atoms with Gasteiger partial charge in [-0.25, -0.2) is 9.97 Å². The lowest BCUT2D eigenvalue weighted by Gasteiger charge is -2.06. The van der Waals surface area contributed by atoms with Crippen molar-refractivity contribution in [1.29, 1.82) is 0 Å². The number of rotatable bonds is 4. The van der Waals surface area contributed by atoms with Crippen LogP contribution in [0.1, 0.15) is 17.4 Å². The zero-order valence-corrected chi connectivity index (χ0v) is 12.0. The Labute approximate surface area is 127 Å². The number of hydrogen-bond acceptors (Lipinski definition) is 5. The van der Waals surface area contributed by atoms with Gasteiger partial charge in [-0.2, -0.15) is 0 Å². The van der Waals surface area contributed by atoms with E-state index in [0.717, 1.165) is 10.9 Å². The van der Waals surface area contributed by atoms with Crippen molar-refractivity contribution in [2.45, 2.75) is 6.92 Å². The molecule has 0 fully saturated rings. The average molecular weight is 294 g/mol. The number of anilines is 1. The van der Waals surface area contributed by atoms with Crippen LogP contribution < -0.4 is 10.1 Å². The summed E-state index contributed by atoms with van der Waals surface area (Å²) >= 11 is 0. The normalized spacial score (nSPS) is 10.4. The maximum atomic E-state index is 12.2. The van der Waals surface area contributed by atoms with Gasteiger partial charge in [0.2, 0.25) is 5.88 Å². The molecule has 1 amide bonds. The average Bonchev–Trinajstić information content (AvgIpc) is 2.55. The summed E-state index contributed by atoms with van der Waals surface area (Å²) in [5.74, 6) is 0.0414. The van der Waals surface area contributed by atoms with E-state index in [1.807, 2.05) is 37.3 Å². The maximum absolute atomic E-state index is 12.2. The molecule has 3 rings (SSSR count). The first-order valence-electron chi connectivity index (χ1n) is 6.87. The van der Waals surface area contributed by atoms with Crippen LogP contribution in [0.15, 0.2) is 48.9 Å². The predicted molar refractivity (Wildman–Crippen MR) is 82.9 cm³/mol. The maximum Gasteiger partial charge on any atom is 0.274 e. The van der Waals surface area contributed by atoms with Crippen LogP contribution in [0.4, 0.5) is 5.69 Å². The summed E-state index contributed by atoms with van der Waals surface area (Å²) in [5.41, 5.74) is 1.73. The Morgan fingerprint density at radius 1 is 1.18 bits per heavy atom. The molecule has 110 valence electrons. The third kappa shape index (κ3) is 3.01. The molecule has 0 unspecified atom stereocenters. The summed E-state index contributed by atoms with van der Waals surface area (Å²) in [6.07, 6.45) is 2.92. The van der Waals surface area contributed by atoms with Gasteiger partial charge in [-0.15, -0.1) is 0 Å². The van der Waals surface area contributed by atoms with Crippen molar-refractivity contribution in [3.05, 3.63) is 54.6 Å². The third-order valence-corrected chi connectivity index (χ3v) is 3.02. The lowest BCUT2D eigenvalue weighted by molar-refractivity contribution is 0.102. The highest BCUT2D eigenvalue weighted by Gasteiger charge is 2.10. The van der Waals surface area contributed by atoms with E-state index in [4.69, 9.17) is 4.74 Å². The molecule has 1 aromatic carbocycles. The van der Waals surface area contributed by atoms with Gasteiger partial charge in [0, 0.05) is 11.5 Å². The number of benzene rings is 1. The Kier molecular flexibility index (Phi) is 3.91. The highest BCUT2D eigenvalue weighted by atomic mass is 16.5. The molecule has 0 atom stereocenters. The first-order chi connectivity index (χ1) is 10.8. The van der Waals surface area contributed by atoms with Gasteiger partial charge in [-0.3, -0.25) is 9.78 Å². The van der Waals surface area contributed by atoms with Crippen molar-refractivity contribution in [3.8, 4) is 5.88 Å². The van der Waals surface area contributed by atoms with E-state index in [2.05, 4.69) is 20.3 Å². The molecule has 6 nitrogen and oxygen atoms in total. The van der Waals surface area contributed by atoms with Crippen LogP contribution in [-0.2, 0) is 0 Å². The SMILES string of the molecule is CCOc1cc(C(=O)Nc2cnc3ccccc3c2)ncn1. The number of nitrogens with one attached hydrogen (secondary N) is 1. The van der Waals surface area contributed by atoms with Gasteiger partial charge in [-0.05, 0) is 19.1 Å². The molecule has 2 heterocycles. The van der Waals surface area contributed by atoms with Crippen molar-refractivity contribution in [2.24, 2.45) is 0 Å². The summed E-state index contributed by atoms with van der Waals surface area (Å²) < 4.78 is 5.26. The summed E-state index contributed by atoms with van der Waals surface area (Å²) in [6.45, 7) is 2.33. The molecule has 0 aliphatic carbocycles. The highest BCUT2D eigenvalue weighted by Crippen LogP contribution is 2.17. The van der Waals surface area contributed by atoms with Crippen LogP contribution in [0.3, 0.4) is 0 Å². The van der Waals surface area contributed by atoms with Crippen LogP contribution in [0.2, 0.25) is 0 Å². The van der Waals surface area contributed by atoms with Crippen molar-refractivity contribution >= 4 is 22.5 Å². The van der Waals surface area contributed by atoms with Crippen molar-refractivity contribution in [3.63, 3.8) is 0 Å². The number of pyridine rings is 1. The number of carbonyl (C=O) groups excluding carboxylic acids is 1. The molecule has 0 saturated carbocycles. The molecule has 2 aromatic heterocycles. The molecule has 0 aliphatic heterocycles. The van der Waals surface area contributed by atoms with Crippen molar-refractivity contribution < 1.29 is 9.53 Å². The van der Waals surface area contributed by atoms with Gasteiger partial charge < -0.3 is 10.1 Å². The Balaban J connectivity index is 1.81. The number of aromatic nitrogens is 3. The Morgan fingerprint density at radius 3 is 2.91 bits per heavy atom. The van der Waals surface area contributed by atoms with Crippen LogP contribution in [-0.4, -0.2) is 27.5 Å². The minimum Gasteiger partial charge on any atom is -0.478 e. The van der Waals surface area contributed by atoms with Gasteiger partial charge >= 0.3 is 0 Å². The number of hydrogen-bond donors (Lipinski definition) is 1. The number of fused-ring (bicyclic) bond motifs is 1. The molecule has 0 spiro atoms. The standard InChI is InChI=1S/C16H14N4O2/c1-2-22-15-8-14(18-10-19-15)16(21)20-12-7-11-5-3-4-6-13(11)17-9-12/h3-10H,2H2,1H3,(H,20,21). The highest BCUT2D eigenvalue weighted by molar-refractivity contribution is 6.03. The van der Waals surface area contributed by atoms with E-state index >= 15 is 0 Å². The molecule has 22 heavy (non-hydrogen) atoms. The summed E-state index contributed by atoms with van der Waals surface area (Å²) in [6, 6.07) is 11.1. The topological polar surface area (TPSA) is 77.0 Å². The zero-order chi connectivity index (χ0) is 15.4. The first kappa shape index (κ1) is 13.9. The molecular formula is C16H14N4O2. The van der Waals surface area contributed by atoms with Crippen LogP contribution in [0.25, 0.3) is 10.9 Å². The van der Waals surface area contributed by atoms with Crippen LogP contribution >= 0.6 is 0 Å². The smallest absolute Gasteiger partial charge is 0.274 e. The van der Waals surface area contributed by atoms with E-state index in [9.17, 15) is 4.79 Å². The molecule has 6 heteroatoms. The first-order valence-corrected chi connectivity index (χ1v) is 6.87. The van der Waals surface area contributed by atoms with E-state index in [1.54, 1.807) is 6.20 Å². The lowest BCUT2D eigenvalue weighted by atomic mass is 10.2. The van der Waals surface area contributed by atoms with E-state index in [-0.39, 0.29) is 11.6 Å². The summed E-state index contributed by atoms with van der Waals surface area (Å²) in [7, 11) is 0. The number of amides is 1. The summed E-state index contributed by atoms with van der Waals surface area (Å²) in [5, 5.41) is 3.73. The minimum absolute atomic E-state index is 0.242. The molecule has 0 saturated heterocycles. The Morgan fingerprint density at radius 2 is 2.05 bits per heavy atom. The van der Waals surface area contributed by atoms with Gasteiger partial charge in [-0.1, -0.05) is 18.2 Å². The fourth-order valence-electron chi connectivity index (χ4n) is 2.02. The van der Waals surface area contributed by atoms with Gasteiger partial charge in [0.15, 0.2) is 0 Å². The van der Waals surface area contributed by atoms with Crippen LogP contribution in [0.5, 0.6) is 5.88 Å². The van der Waals surface area contributed by atoms with E-state index < -0.39 is 0 Å². The van der Waals surface area contributed by atoms with Crippen molar-refractivity contribution in [1.82, 2.24) is 15.0 Å². The molecular weight excluding hydrogens is 280 g/mol. The molecule has 1 N–H and O–H groups in total. The second-order valence-corrected chi connectivity index (χ2v) is 4.55. The monoisotopic (exact) mass is 294 g/mol. The summed E-state index contributed by atoms with van der Waals surface area (Å²) in [4.78, 5) is 24.4. The number of carbonyl (C=O) groups is 1. The van der Waals surface area contributed by atoms with E-state index in [1.165, 1.54) is 12.4 Å². The van der Waals surface area contributed by atoms with E-state index in [0.29, 0.717) is 18.2 Å². The molecule has 0 aliphatic rings. The quantitative estimate of drug-likeness (QED) is 0.800. The second-order valence-electron chi connectivity index (χ2n) is 4.55. The molecule has 0 bridgehead atoms. The van der Waals surface area contributed by atoms with Crippen molar-refractivity contribution in [2.75, 3.05) is 11.9 Å². The fraction of sp³-hybridized carbons (Fsp3) is 0.125. The van der Waals surface area contributed by atoms with Crippen LogP contribution in [0, 0.1) is 0 Å². The minimum atomic E-state index is -0.333. The number of ether oxygens (including phenoxy) is 1. The number of nitrogens with zero attached hydrogens (tertiary/aromatic N) is 3. The predicted octanol–water partition coefficient (Wildman–Crippen LogP) is 2.68. The second kappa shape index (κ2) is 6.17. The zero-order valence-electron chi connectivity index (χ0n) is 12.0. The Bertz CT molecular complexity index is 820. The lowest BCUT2D eigenvalue weighted by Crippen LogP contribution is -2.14.